The van der Waals surface area contributed by atoms with Crippen LogP contribution in [0.15, 0.2) is 77.3 Å². The van der Waals surface area contributed by atoms with Gasteiger partial charge in [-0.25, -0.2) is 0 Å². The Hall–Kier alpha value is -2.78. The second-order valence-electron chi connectivity index (χ2n) is 5.84. The third-order valence-corrected chi connectivity index (χ3v) is 4.17. The predicted molar refractivity (Wildman–Crippen MR) is 111 cm³/mol. The Labute approximate surface area is 154 Å². The fraction of sp³-hybridized carbons (Fsp3) is 0.0952. The lowest BCUT2D eigenvalue weighted by Gasteiger charge is -2.15. The van der Waals surface area contributed by atoms with Gasteiger partial charge in [0.15, 0.2) is 0 Å². The van der Waals surface area contributed by atoms with Crippen LogP contribution in [0.5, 0.6) is 0 Å². The van der Waals surface area contributed by atoms with Crippen LogP contribution in [0.2, 0.25) is 0 Å². The SMILES string of the molecule is CN=C1C=CC(=C(c2ccc(N)cc2)c2ccc(N)c(C)c2)C=C1.Cl. The van der Waals surface area contributed by atoms with Gasteiger partial charge in [0, 0.05) is 18.4 Å². The largest absolute Gasteiger partial charge is 0.399 e. The first-order chi connectivity index (χ1) is 11.6. The molecule has 1 aliphatic carbocycles. The fourth-order valence-electron chi connectivity index (χ4n) is 2.76. The van der Waals surface area contributed by atoms with Gasteiger partial charge in [0.2, 0.25) is 0 Å². The molecule has 0 spiro atoms. The van der Waals surface area contributed by atoms with Gasteiger partial charge in [-0.05, 0) is 71.2 Å². The zero-order valence-corrected chi connectivity index (χ0v) is 15.2. The van der Waals surface area contributed by atoms with Crippen molar-refractivity contribution >= 4 is 35.1 Å². The highest BCUT2D eigenvalue weighted by Crippen LogP contribution is 2.31. The zero-order chi connectivity index (χ0) is 17.1. The molecule has 0 aromatic heterocycles. The summed E-state index contributed by atoms with van der Waals surface area (Å²) in [6, 6.07) is 14.1. The molecule has 0 aliphatic heterocycles. The molecule has 1 aliphatic rings. The minimum Gasteiger partial charge on any atom is -0.399 e. The van der Waals surface area contributed by atoms with Gasteiger partial charge in [-0.2, -0.15) is 0 Å². The monoisotopic (exact) mass is 351 g/mol. The quantitative estimate of drug-likeness (QED) is 0.778. The van der Waals surface area contributed by atoms with Crippen LogP contribution in [0.4, 0.5) is 11.4 Å². The Morgan fingerprint density at radius 2 is 1.44 bits per heavy atom. The van der Waals surface area contributed by atoms with Crippen molar-refractivity contribution in [3.63, 3.8) is 0 Å². The Balaban J connectivity index is 0.00000225. The average Bonchev–Trinajstić information content (AvgIpc) is 2.60. The van der Waals surface area contributed by atoms with Crippen LogP contribution in [0, 0.1) is 6.92 Å². The van der Waals surface area contributed by atoms with E-state index in [1.807, 2.05) is 37.3 Å². The molecule has 128 valence electrons. The van der Waals surface area contributed by atoms with Crippen LogP contribution in [0.25, 0.3) is 5.57 Å². The first kappa shape index (κ1) is 18.6. The van der Waals surface area contributed by atoms with Crippen molar-refractivity contribution in [2.45, 2.75) is 6.92 Å². The van der Waals surface area contributed by atoms with Crippen LogP contribution < -0.4 is 11.5 Å². The summed E-state index contributed by atoms with van der Waals surface area (Å²) in [6.07, 6.45) is 8.24. The lowest BCUT2D eigenvalue weighted by atomic mass is 9.90. The topological polar surface area (TPSA) is 64.4 Å². The number of halogens is 1. The molecule has 2 aromatic rings. The molecule has 0 heterocycles. The summed E-state index contributed by atoms with van der Waals surface area (Å²) in [6.45, 7) is 2.03. The summed E-state index contributed by atoms with van der Waals surface area (Å²) in [5.74, 6) is 0. The Morgan fingerprint density at radius 3 is 2.00 bits per heavy atom. The number of hydrogen-bond acceptors (Lipinski definition) is 3. The van der Waals surface area contributed by atoms with Crippen molar-refractivity contribution in [3.8, 4) is 0 Å². The van der Waals surface area contributed by atoms with Crippen LogP contribution in [0.1, 0.15) is 16.7 Å². The lowest BCUT2D eigenvalue weighted by Crippen LogP contribution is -1.99. The number of hydrogen-bond donors (Lipinski definition) is 2. The molecule has 0 bridgehead atoms. The molecule has 0 saturated carbocycles. The number of benzene rings is 2. The number of aryl methyl sites for hydroxylation is 1. The number of aliphatic imine (C=N–C) groups is 1. The average molecular weight is 352 g/mol. The van der Waals surface area contributed by atoms with Crippen molar-refractivity contribution in [2.75, 3.05) is 18.5 Å². The third-order valence-electron chi connectivity index (χ3n) is 4.17. The minimum atomic E-state index is 0. The van der Waals surface area contributed by atoms with E-state index in [9.17, 15) is 0 Å². The van der Waals surface area contributed by atoms with Crippen LogP contribution >= 0.6 is 12.4 Å². The standard InChI is InChI=1S/C21H21N3.ClH/c1-14-13-17(7-12-20(14)23)21(15-3-8-18(22)9-4-15)16-5-10-19(24-2)11-6-16;/h3-13H,22-23H2,1-2H3;1H. The van der Waals surface area contributed by atoms with Gasteiger partial charge in [0.1, 0.15) is 0 Å². The van der Waals surface area contributed by atoms with Crippen molar-refractivity contribution in [3.05, 3.63) is 89.0 Å². The molecular weight excluding hydrogens is 330 g/mol. The van der Waals surface area contributed by atoms with E-state index in [1.165, 1.54) is 0 Å². The van der Waals surface area contributed by atoms with Crippen LogP contribution in [0.3, 0.4) is 0 Å². The van der Waals surface area contributed by atoms with Gasteiger partial charge in [0.05, 0.1) is 5.71 Å². The van der Waals surface area contributed by atoms with Crippen LogP contribution in [-0.4, -0.2) is 12.8 Å². The first-order valence-corrected chi connectivity index (χ1v) is 7.88. The van der Waals surface area contributed by atoms with Crippen LogP contribution in [-0.2, 0) is 0 Å². The number of nitrogens with two attached hydrogens (primary N) is 2. The second-order valence-corrected chi connectivity index (χ2v) is 5.84. The van der Waals surface area contributed by atoms with E-state index in [1.54, 1.807) is 7.05 Å². The summed E-state index contributed by atoms with van der Waals surface area (Å²) < 4.78 is 0. The maximum absolute atomic E-state index is 5.99. The van der Waals surface area contributed by atoms with Gasteiger partial charge in [-0.3, -0.25) is 4.99 Å². The Bertz CT molecular complexity index is 870. The van der Waals surface area contributed by atoms with Gasteiger partial charge in [-0.1, -0.05) is 30.4 Å². The second kappa shape index (κ2) is 7.86. The molecule has 2 aromatic carbocycles. The van der Waals surface area contributed by atoms with Crippen molar-refractivity contribution in [1.82, 2.24) is 0 Å². The van der Waals surface area contributed by atoms with Gasteiger partial charge < -0.3 is 11.5 Å². The van der Waals surface area contributed by atoms with E-state index < -0.39 is 0 Å². The number of allylic oxidation sites excluding steroid dienone is 5. The van der Waals surface area contributed by atoms with E-state index in [-0.39, 0.29) is 12.4 Å². The highest BCUT2D eigenvalue weighted by atomic mass is 35.5. The molecule has 0 unspecified atom stereocenters. The van der Waals surface area contributed by atoms with Crippen molar-refractivity contribution in [2.24, 2.45) is 4.99 Å². The molecule has 0 radical (unpaired) electrons. The lowest BCUT2D eigenvalue weighted by molar-refractivity contribution is 1.42. The normalized spacial score (nSPS) is 12.7. The van der Waals surface area contributed by atoms with Crippen molar-refractivity contribution < 1.29 is 0 Å². The summed E-state index contributed by atoms with van der Waals surface area (Å²) in [7, 11) is 1.79. The molecule has 4 heteroatoms. The summed E-state index contributed by atoms with van der Waals surface area (Å²) in [5, 5.41) is 0. The van der Waals surface area contributed by atoms with Gasteiger partial charge >= 0.3 is 0 Å². The summed E-state index contributed by atoms with van der Waals surface area (Å²) >= 11 is 0. The van der Waals surface area contributed by atoms with Gasteiger partial charge in [0.25, 0.3) is 0 Å². The number of rotatable bonds is 2. The zero-order valence-electron chi connectivity index (χ0n) is 14.4. The maximum Gasteiger partial charge on any atom is 0.0571 e. The third kappa shape index (κ3) is 4.01. The van der Waals surface area contributed by atoms with E-state index >= 15 is 0 Å². The predicted octanol–water partition coefficient (Wildman–Crippen LogP) is 4.58. The van der Waals surface area contributed by atoms with E-state index in [2.05, 4.69) is 41.4 Å². The maximum atomic E-state index is 5.99. The summed E-state index contributed by atoms with van der Waals surface area (Å²) in [5.41, 5.74) is 20.0. The Kier molecular flexibility index (Phi) is 5.84. The number of anilines is 2. The van der Waals surface area contributed by atoms with E-state index in [4.69, 9.17) is 11.5 Å². The molecule has 0 fully saturated rings. The van der Waals surface area contributed by atoms with E-state index in [0.29, 0.717) is 0 Å². The molecular formula is C21H22ClN3. The smallest absolute Gasteiger partial charge is 0.0571 e. The highest BCUT2D eigenvalue weighted by Gasteiger charge is 2.12. The summed E-state index contributed by atoms with van der Waals surface area (Å²) in [4.78, 5) is 4.21. The minimum absolute atomic E-state index is 0. The molecule has 4 N–H and O–H groups in total. The molecule has 25 heavy (non-hydrogen) atoms. The molecule has 3 nitrogen and oxygen atoms in total. The van der Waals surface area contributed by atoms with Gasteiger partial charge in [-0.15, -0.1) is 12.4 Å². The first-order valence-electron chi connectivity index (χ1n) is 7.88. The van der Waals surface area contributed by atoms with E-state index in [0.717, 1.165) is 44.9 Å². The highest BCUT2D eigenvalue weighted by molar-refractivity contribution is 6.07. The molecule has 0 atom stereocenters. The number of nitrogen functional groups attached to an aromatic ring is 2. The number of nitrogens with zero attached hydrogens (tertiary/aromatic N) is 1. The fourth-order valence-corrected chi connectivity index (χ4v) is 2.76. The van der Waals surface area contributed by atoms with Crippen molar-refractivity contribution in [1.29, 1.82) is 0 Å². The molecule has 0 saturated heterocycles. The molecule has 0 amide bonds. The Morgan fingerprint density at radius 1 is 0.840 bits per heavy atom. The molecule has 3 rings (SSSR count).